The maximum atomic E-state index is 11.8. The maximum Gasteiger partial charge on any atom is 0.219 e. The molecule has 7 heteroatoms. The summed E-state index contributed by atoms with van der Waals surface area (Å²) in [6.45, 7) is 2.94. The van der Waals surface area contributed by atoms with Crippen LogP contribution in [0.4, 0.5) is 5.69 Å². The van der Waals surface area contributed by atoms with Gasteiger partial charge in [0.15, 0.2) is 5.88 Å². The Labute approximate surface area is 173 Å². The van der Waals surface area contributed by atoms with Gasteiger partial charge in [-0.15, -0.1) is 0 Å². The first-order valence-electron chi connectivity index (χ1n) is 10.1. The lowest BCUT2D eigenvalue weighted by molar-refractivity contribution is -0.131. The topological polar surface area (TPSA) is 90.3 Å². The van der Waals surface area contributed by atoms with Crippen LogP contribution in [0.3, 0.4) is 0 Å². The average molecular weight is 402 g/mol. The van der Waals surface area contributed by atoms with Crippen LogP contribution in [-0.4, -0.2) is 46.4 Å². The number of amides is 1. The van der Waals surface area contributed by atoms with E-state index < -0.39 is 0 Å². The monoisotopic (exact) mass is 402 g/mol. The number of nitrogens with zero attached hydrogens (tertiary/aromatic N) is 3. The molecule has 1 aromatic heterocycles. The van der Waals surface area contributed by atoms with Crippen LogP contribution < -0.4 is 15.3 Å². The van der Waals surface area contributed by atoms with Crippen molar-refractivity contribution in [3.05, 3.63) is 52.5 Å². The second-order valence-corrected chi connectivity index (χ2v) is 7.68. The SMILES string of the molecule is CC(=O)N1CCCC(Oc2cccc3[nH]c(O)c(/C=c4\ccc5c(c4)N=CN=5)c23)C1. The van der Waals surface area contributed by atoms with Crippen molar-refractivity contribution in [2.24, 2.45) is 9.98 Å². The molecular weight excluding hydrogens is 380 g/mol. The number of aliphatic imine (C=N–C) groups is 1. The van der Waals surface area contributed by atoms with Gasteiger partial charge in [0, 0.05) is 19.0 Å². The van der Waals surface area contributed by atoms with Crippen molar-refractivity contribution >= 4 is 34.9 Å². The molecule has 2 aromatic carbocycles. The molecule has 0 radical (unpaired) electrons. The van der Waals surface area contributed by atoms with E-state index in [0.29, 0.717) is 17.9 Å². The van der Waals surface area contributed by atoms with Gasteiger partial charge < -0.3 is 19.7 Å². The molecule has 0 spiro atoms. The lowest BCUT2D eigenvalue weighted by atomic mass is 10.1. The fourth-order valence-corrected chi connectivity index (χ4v) is 4.13. The van der Waals surface area contributed by atoms with Crippen LogP contribution in [0, 0.1) is 0 Å². The first-order chi connectivity index (χ1) is 14.6. The number of H-pyrrole nitrogens is 1. The minimum absolute atomic E-state index is 0.0702. The quantitative estimate of drug-likeness (QED) is 0.705. The van der Waals surface area contributed by atoms with Gasteiger partial charge in [0.05, 0.1) is 28.5 Å². The Hall–Kier alpha value is -3.61. The molecule has 3 aromatic rings. The van der Waals surface area contributed by atoms with Crippen molar-refractivity contribution in [3.63, 3.8) is 0 Å². The van der Waals surface area contributed by atoms with Crippen molar-refractivity contribution < 1.29 is 14.6 Å². The van der Waals surface area contributed by atoms with E-state index in [0.717, 1.165) is 46.6 Å². The molecule has 30 heavy (non-hydrogen) atoms. The molecule has 152 valence electrons. The second kappa shape index (κ2) is 7.33. The van der Waals surface area contributed by atoms with Crippen LogP contribution in [0.15, 0.2) is 46.4 Å². The summed E-state index contributed by atoms with van der Waals surface area (Å²) < 4.78 is 6.33. The number of hydrogen-bond donors (Lipinski definition) is 2. The first kappa shape index (κ1) is 18.4. The van der Waals surface area contributed by atoms with Gasteiger partial charge in [0.2, 0.25) is 5.91 Å². The number of aromatic amines is 1. The van der Waals surface area contributed by atoms with Gasteiger partial charge in [-0.2, -0.15) is 0 Å². The first-order valence-corrected chi connectivity index (χ1v) is 10.1. The lowest BCUT2D eigenvalue weighted by Crippen LogP contribution is -2.43. The van der Waals surface area contributed by atoms with Crippen LogP contribution in [0.2, 0.25) is 0 Å². The predicted molar refractivity (Wildman–Crippen MR) is 115 cm³/mol. The zero-order valence-electron chi connectivity index (χ0n) is 16.6. The number of hydrogen-bond acceptors (Lipinski definition) is 5. The molecule has 2 aliphatic rings. The molecule has 1 fully saturated rings. The number of ether oxygens (including phenoxy) is 1. The van der Waals surface area contributed by atoms with Crippen molar-refractivity contribution in [3.8, 4) is 11.6 Å². The predicted octanol–water partition coefficient (Wildman–Crippen LogP) is 2.39. The molecule has 5 rings (SSSR count). The Bertz CT molecular complexity index is 1290. The van der Waals surface area contributed by atoms with Gasteiger partial charge >= 0.3 is 0 Å². The third kappa shape index (κ3) is 3.32. The highest BCUT2D eigenvalue weighted by molar-refractivity contribution is 5.96. The summed E-state index contributed by atoms with van der Waals surface area (Å²) in [6.07, 6.45) is 5.19. The summed E-state index contributed by atoms with van der Waals surface area (Å²) >= 11 is 0. The number of carbonyl (C=O) groups is 1. The second-order valence-electron chi connectivity index (χ2n) is 7.68. The normalized spacial score (nSPS) is 18.5. The van der Waals surface area contributed by atoms with Crippen LogP contribution in [-0.2, 0) is 4.79 Å². The molecule has 0 aliphatic carbocycles. The molecule has 1 amide bonds. The molecule has 7 nitrogen and oxygen atoms in total. The van der Waals surface area contributed by atoms with Crippen LogP contribution in [0.25, 0.3) is 17.0 Å². The van der Waals surface area contributed by atoms with E-state index in [2.05, 4.69) is 15.0 Å². The summed E-state index contributed by atoms with van der Waals surface area (Å²) in [6, 6.07) is 11.5. The van der Waals surface area contributed by atoms with E-state index in [9.17, 15) is 9.90 Å². The minimum atomic E-state index is -0.0749. The zero-order valence-corrected chi connectivity index (χ0v) is 16.6. The fourth-order valence-electron chi connectivity index (χ4n) is 4.13. The molecule has 0 bridgehead atoms. The number of nitrogens with one attached hydrogen (secondary N) is 1. The Morgan fingerprint density at radius 3 is 3.10 bits per heavy atom. The molecule has 1 atom stereocenters. The van der Waals surface area contributed by atoms with E-state index in [-0.39, 0.29) is 17.9 Å². The van der Waals surface area contributed by atoms with Gasteiger partial charge in [-0.05, 0) is 48.4 Å². The molecular formula is C23H22N4O3. The average Bonchev–Trinajstić information content (AvgIpc) is 3.33. The maximum absolute atomic E-state index is 11.8. The number of benzene rings is 2. The summed E-state index contributed by atoms with van der Waals surface area (Å²) in [4.78, 5) is 25.1. The number of carbonyl (C=O) groups excluding carboxylic acids is 1. The van der Waals surface area contributed by atoms with Crippen molar-refractivity contribution in [2.75, 3.05) is 13.1 Å². The molecule has 1 saturated heterocycles. The minimum Gasteiger partial charge on any atom is -0.494 e. The van der Waals surface area contributed by atoms with Crippen molar-refractivity contribution in [2.45, 2.75) is 25.9 Å². The highest BCUT2D eigenvalue weighted by Gasteiger charge is 2.24. The summed E-state index contributed by atoms with van der Waals surface area (Å²) in [7, 11) is 0. The summed E-state index contributed by atoms with van der Waals surface area (Å²) in [5, 5.41) is 13.2. The van der Waals surface area contributed by atoms with Crippen molar-refractivity contribution in [1.82, 2.24) is 9.88 Å². The standard InChI is InChI=1S/C23H22N4O3/c1-14(28)27-9-3-4-16(12-27)30-21-6-2-5-19-22(21)17(23(29)26-19)10-15-7-8-18-20(11-15)25-13-24-18/h2,5-8,10-11,13,16,26,29H,3-4,9,12H2,1H3/b15-10+. The van der Waals surface area contributed by atoms with Gasteiger partial charge in [-0.3, -0.25) is 4.79 Å². The Morgan fingerprint density at radius 1 is 1.33 bits per heavy atom. The van der Waals surface area contributed by atoms with Gasteiger partial charge in [-0.25, -0.2) is 9.98 Å². The number of piperidine rings is 1. The molecule has 0 saturated carbocycles. The molecule has 2 N–H and O–H groups in total. The van der Waals surface area contributed by atoms with E-state index in [1.165, 1.54) is 6.34 Å². The summed E-state index contributed by atoms with van der Waals surface area (Å²) in [5.41, 5.74) is 2.27. The number of aromatic nitrogens is 1. The third-order valence-corrected chi connectivity index (χ3v) is 5.62. The van der Waals surface area contributed by atoms with Crippen LogP contribution in [0.1, 0.15) is 25.3 Å². The van der Waals surface area contributed by atoms with Crippen LogP contribution >= 0.6 is 0 Å². The molecule has 1 unspecified atom stereocenters. The number of rotatable bonds is 3. The number of fused-ring (bicyclic) bond motifs is 2. The Kier molecular flexibility index (Phi) is 4.50. The van der Waals surface area contributed by atoms with Crippen LogP contribution in [0.5, 0.6) is 11.6 Å². The number of aromatic hydroxyl groups is 1. The fraction of sp³-hybridized carbons (Fsp3) is 0.261. The van der Waals surface area contributed by atoms with Crippen molar-refractivity contribution in [1.29, 1.82) is 0 Å². The Balaban J connectivity index is 1.55. The highest BCUT2D eigenvalue weighted by Crippen LogP contribution is 2.36. The van der Waals surface area contributed by atoms with E-state index in [1.54, 1.807) is 6.92 Å². The van der Waals surface area contributed by atoms with Gasteiger partial charge in [0.25, 0.3) is 0 Å². The van der Waals surface area contributed by atoms with Gasteiger partial charge in [0.1, 0.15) is 18.2 Å². The molecule has 3 heterocycles. The zero-order chi connectivity index (χ0) is 20.7. The van der Waals surface area contributed by atoms with E-state index >= 15 is 0 Å². The number of likely N-dealkylation sites (tertiary alicyclic amines) is 1. The third-order valence-electron chi connectivity index (χ3n) is 5.62. The largest absolute Gasteiger partial charge is 0.494 e. The highest BCUT2D eigenvalue weighted by atomic mass is 16.5. The smallest absolute Gasteiger partial charge is 0.219 e. The van der Waals surface area contributed by atoms with E-state index in [4.69, 9.17) is 4.74 Å². The lowest BCUT2D eigenvalue weighted by Gasteiger charge is -2.32. The Morgan fingerprint density at radius 2 is 2.23 bits per heavy atom. The summed E-state index contributed by atoms with van der Waals surface area (Å²) in [5.74, 6) is 0.851. The van der Waals surface area contributed by atoms with E-state index in [1.807, 2.05) is 47.4 Å². The van der Waals surface area contributed by atoms with Gasteiger partial charge in [-0.1, -0.05) is 12.1 Å². The molecule has 2 aliphatic heterocycles.